The summed E-state index contributed by atoms with van der Waals surface area (Å²) in [6, 6.07) is 15.2. The largest absolute Gasteiger partial charge is 0.421 e. The number of aryl methyl sites for hydroxylation is 3. The van der Waals surface area contributed by atoms with Crippen LogP contribution in [0.25, 0.3) is 11.5 Å². The summed E-state index contributed by atoms with van der Waals surface area (Å²) >= 11 is 0. The topological polar surface area (TPSA) is 97.1 Å². The van der Waals surface area contributed by atoms with Crippen LogP contribution in [0.2, 0.25) is 0 Å². The Morgan fingerprint density at radius 3 is 2.36 bits per heavy atom. The monoisotopic (exact) mass is 378 g/mol. The van der Waals surface area contributed by atoms with E-state index in [9.17, 15) is 9.59 Å². The number of para-hydroxylation sites is 1. The fourth-order valence-corrected chi connectivity index (χ4v) is 2.73. The number of aromatic nitrogens is 2. The third kappa shape index (κ3) is 5.03. The first-order valence-electron chi connectivity index (χ1n) is 9.03. The lowest BCUT2D eigenvalue weighted by atomic mass is 10.1. The summed E-state index contributed by atoms with van der Waals surface area (Å²) < 4.78 is 5.57. The molecule has 28 heavy (non-hydrogen) atoms. The molecule has 144 valence electrons. The third-order valence-corrected chi connectivity index (χ3v) is 4.25. The number of anilines is 1. The van der Waals surface area contributed by atoms with Crippen molar-refractivity contribution in [3.05, 3.63) is 65.5 Å². The Kier molecular flexibility index (Phi) is 6.16. The Hall–Kier alpha value is -3.48. The molecule has 2 aromatic carbocycles. The maximum atomic E-state index is 12.1. The first-order chi connectivity index (χ1) is 13.5. The van der Waals surface area contributed by atoms with E-state index in [1.165, 1.54) is 0 Å². The van der Waals surface area contributed by atoms with Crippen LogP contribution in [0.1, 0.15) is 23.4 Å². The molecular weight excluding hydrogens is 356 g/mol. The molecule has 0 fully saturated rings. The molecule has 0 bridgehead atoms. The summed E-state index contributed by atoms with van der Waals surface area (Å²) in [6.45, 7) is 3.76. The van der Waals surface area contributed by atoms with Gasteiger partial charge in [-0.2, -0.15) is 0 Å². The van der Waals surface area contributed by atoms with Gasteiger partial charge in [-0.05, 0) is 37.1 Å². The molecule has 2 N–H and O–H groups in total. The van der Waals surface area contributed by atoms with Crippen LogP contribution >= 0.6 is 0 Å². The highest BCUT2D eigenvalue weighted by atomic mass is 16.4. The van der Waals surface area contributed by atoms with Gasteiger partial charge in [0.05, 0.1) is 6.54 Å². The van der Waals surface area contributed by atoms with Crippen molar-refractivity contribution >= 4 is 17.5 Å². The molecule has 1 aromatic heterocycles. The van der Waals surface area contributed by atoms with E-state index >= 15 is 0 Å². The second-order valence-corrected chi connectivity index (χ2v) is 6.46. The average molecular weight is 378 g/mol. The zero-order valence-corrected chi connectivity index (χ0v) is 15.9. The molecule has 0 atom stereocenters. The second-order valence-electron chi connectivity index (χ2n) is 6.46. The van der Waals surface area contributed by atoms with E-state index < -0.39 is 0 Å². The highest BCUT2D eigenvalue weighted by molar-refractivity contribution is 5.95. The Morgan fingerprint density at radius 1 is 0.929 bits per heavy atom. The minimum absolute atomic E-state index is 0.0916. The predicted molar refractivity (Wildman–Crippen MR) is 106 cm³/mol. The molecule has 0 saturated carbocycles. The van der Waals surface area contributed by atoms with Gasteiger partial charge in [0.15, 0.2) is 0 Å². The van der Waals surface area contributed by atoms with Crippen LogP contribution in [0.3, 0.4) is 0 Å². The van der Waals surface area contributed by atoms with Gasteiger partial charge in [-0.3, -0.25) is 9.59 Å². The molecule has 0 saturated heterocycles. The summed E-state index contributed by atoms with van der Waals surface area (Å²) in [4.78, 5) is 24.1. The van der Waals surface area contributed by atoms with Crippen LogP contribution in [-0.4, -0.2) is 28.6 Å². The van der Waals surface area contributed by atoms with Gasteiger partial charge >= 0.3 is 0 Å². The van der Waals surface area contributed by atoms with E-state index in [4.69, 9.17) is 4.42 Å². The van der Waals surface area contributed by atoms with E-state index in [0.29, 0.717) is 18.2 Å². The highest BCUT2D eigenvalue weighted by Gasteiger charge is 2.12. The predicted octanol–water partition coefficient (Wildman–Crippen LogP) is 3.04. The van der Waals surface area contributed by atoms with Gasteiger partial charge in [-0.25, -0.2) is 0 Å². The smallest absolute Gasteiger partial charge is 0.247 e. The molecule has 1 heterocycles. The number of carbonyl (C=O) groups is 2. The number of rotatable bonds is 7. The van der Waals surface area contributed by atoms with Crippen molar-refractivity contribution in [3.63, 3.8) is 0 Å². The number of carbonyl (C=O) groups excluding carboxylic acids is 2. The number of nitrogens with zero attached hydrogens (tertiary/aromatic N) is 2. The van der Waals surface area contributed by atoms with E-state index in [-0.39, 0.29) is 24.8 Å². The summed E-state index contributed by atoms with van der Waals surface area (Å²) in [7, 11) is 0. The Labute approximate surface area is 163 Å². The van der Waals surface area contributed by atoms with Gasteiger partial charge in [-0.15, -0.1) is 10.2 Å². The molecule has 0 spiro atoms. The number of hydrogen-bond acceptors (Lipinski definition) is 5. The maximum Gasteiger partial charge on any atom is 0.247 e. The first kappa shape index (κ1) is 19.3. The molecule has 0 aliphatic carbocycles. The van der Waals surface area contributed by atoms with Crippen LogP contribution in [0.5, 0.6) is 0 Å². The molecule has 3 rings (SSSR count). The average Bonchev–Trinajstić information content (AvgIpc) is 3.17. The normalized spacial score (nSPS) is 10.5. The molecular formula is C21H22N4O3. The van der Waals surface area contributed by atoms with Gasteiger partial charge in [0.2, 0.25) is 23.6 Å². The zero-order valence-electron chi connectivity index (χ0n) is 15.9. The SMILES string of the molecule is Cc1cccc(C)c1NC(=O)CNC(=O)CCc1nnc(-c2ccccc2)o1. The van der Waals surface area contributed by atoms with E-state index in [2.05, 4.69) is 20.8 Å². The van der Waals surface area contributed by atoms with E-state index in [1.54, 1.807) is 0 Å². The van der Waals surface area contributed by atoms with E-state index in [1.807, 2.05) is 62.4 Å². The van der Waals surface area contributed by atoms with Crippen LogP contribution in [0, 0.1) is 13.8 Å². The Bertz CT molecular complexity index is 947. The third-order valence-electron chi connectivity index (χ3n) is 4.25. The lowest BCUT2D eigenvalue weighted by molar-refractivity contribution is -0.124. The molecule has 3 aromatic rings. The quantitative estimate of drug-likeness (QED) is 0.659. The molecule has 0 unspecified atom stereocenters. The van der Waals surface area contributed by atoms with Gasteiger partial charge in [0, 0.05) is 24.1 Å². The minimum Gasteiger partial charge on any atom is -0.421 e. The van der Waals surface area contributed by atoms with Gasteiger partial charge < -0.3 is 15.1 Å². The lowest BCUT2D eigenvalue weighted by Crippen LogP contribution is -2.33. The van der Waals surface area contributed by atoms with Crippen molar-refractivity contribution in [2.75, 3.05) is 11.9 Å². The van der Waals surface area contributed by atoms with Crippen LogP contribution < -0.4 is 10.6 Å². The number of amides is 2. The van der Waals surface area contributed by atoms with Gasteiger partial charge in [0.1, 0.15) is 0 Å². The highest BCUT2D eigenvalue weighted by Crippen LogP contribution is 2.19. The van der Waals surface area contributed by atoms with Crippen molar-refractivity contribution in [2.45, 2.75) is 26.7 Å². The molecule has 0 aliphatic heterocycles. The molecule has 0 aliphatic rings. The maximum absolute atomic E-state index is 12.1. The number of nitrogens with one attached hydrogen (secondary N) is 2. The second kappa shape index (κ2) is 8.94. The van der Waals surface area contributed by atoms with E-state index in [0.717, 1.165) is 22.4 Å². The van der Waals surface area contributed by atoms with Crippen molar-refractivity contribution in [1.29, 1.82) is 0 Å². The summed E-state index contributed by atoms with van der Waals surface area (Å²) in [5.74, 6) is 0.281. The fourth-order valence-electron chi connectivity index (χ4n) is 2.73. The van der Waals surface area contributed by atoms with Crippen molar-refractivity contribution in [1.82, 2.24) is 15.5 Å². The summed E-state index contributed by atoms with van der Waals surface area (Å²) in [5, 5.41) is 13.4. The number of benzene rings is 2. The van der Waals surface area contributed by atoms with Crippen molar-refractivity contribution in [2.24, 2.45) is 0 Å². The summed E-state index contributed by atoms with van der Waals surface area (Å²) in [5.41, 5.74) is 3.56. The van der Waals surface area contributed by atoms with Crippen LogP contribution in [-0.2, 0) is 16.0 Å². The Morgan fingerprint density at radius 2 is 1.64 bits per heavy atom. The van der Waals surface area contributed by atoms with Gasteiger partial charge in [-0.1, -0.05) is 36.4 Å². The minimum atomic E-state index is -0.269. The molecule has 2 amide bonds. The molecule has 0 radical (unpaired) electrons. The summed E-state index contributed by atoms with van der Waals surface area (Å²) in [6.07, 6.45) is 0.470. The fraction of sp³-hybridized carbons (Fsp3) is 0.238. The molecule has 7 nitrogen and oxygen atoms in total. The standard InChI is InChI=1S/C21H22N4O3/c1-14-7-6-8-15(2)20(14)23-18(27)13-22-17(26)11-12-19-24-25-21(28-19)16-9-4-3-5-10-16/h3-10H,11-13H2,1-2H3,(H,22,26)(H,23,27). The first-order valence-corrected chi connectivity index (χ1v) is 9.03. The lowest BCUT2D eigenvalue weighted by Gasteiger charge is -2.11. The van der Waals surface area contributed by atoms with Crippen molar-refractivity contribution in [3.8, 4) is 11.5 Å². The van der Waals surface area contributed by atoms with Gasteiger partial charge in [0.25, 0.3) is 0 Å². The Balaban J connectivity index is 1.45. The molecule has 7 heteroatoms. The van der Waals surface area contributed by atoms with Crippen LogP contribution in [0.4, 0.5) is 5.69 Å². The van der Waals surface area contributed by atoms with Crippen molar-refractivity contribution < 1.29 is 14.0 Å². The zero-order chi connectivity index (χ0) is 19.9. The van der Waals surface area contributed by atoms with Crippen LogP contribution in [0.15, 0.2) is 52.9 Å². The number of hydrogen-bond donors (Lipinski definition) is 2.